The SMILES string of the molecule is CC(C)NC(=O)c1cc(NC(=O)Cc2cc(F)ccc2O)ccn1. The normalized spacial score (nSPS) is 10.5. The minimum atomic E-state index is -0.535. The van der Waals surface area contributed by atoms with Gasteiger partial charge >= 0.3 is 0 Å². The van der Waals surface area contributed by atoms with Crippen molar-refractivity contribution in [1.82, 2.24) is 10.3 Å². The Balaban J connectivity index is 2.06. The second-order valence-electron chi connectivity index (χ2n) is 5.56. The molecule has 2 rings (SSSR count). The number of carbonyl (C=O) groups excluding carboxylic acids is 2. The van der Waals surface area contributed by atoms with Crippen molar-refractivity contribution >= 4 is 17.5 Å². The Morgan fingerprint density at radius 2 is 2.00 bits per heavy atom. The number of amides is 2. The highest BCUT2D eigenvalue weighted by atomic mass is 19.1. The van der Waals surface area contributed by atoms with E-state index in [1.54, 1.807) is 0 Å². The molecule has 2 amide bonds. The molecule has 0 unspecified atom stereocenters. The average molecular weight is 331 g/mol. The van der Waals surface area contributed by atoms with Gasteiger partial charge in [-0.15, -0.1) is 0 Å². The lowest BCUT2D eigenvalue weighted by Crippen LogP contribution is -2.30. The number of benzene rings is 1. The molecule has 0 atom stereocenters. The first kappa shape index (κ1) is 17.4. The smallest absolute Gasteiger partial charge is 0.270 e. The number of nitrogens with one attached hydrogen (secondary N) is 2. The van der Waals surface area contributed by atoms with Gasteiger partial charge in [0, 0.05) is 23.5 Å². The number of phenols is 1. The minimum Gasteiger partial charge on any atom is -0.508 e. The van der Waals surface area contributed by atoms with Crippen molar-refractivity contribution in [1.29, 1.82) is 0 Å². The predicted molar refractivity (Wildman–Crippen MR) is 87.2 cm³/mol. The van der Waals surface area contributed by atoms with Gasteiger partial charge in [-0.2, -0.15) is 0 Å². The minimum absolute atomic E-state index is 0.0338. The fraction of sp³-hybridized carbons (Fsp3) is 0.235. The third-order valence-corrected chi connectivity index (χ3v) is 3.09. The molecule has 0 bridgehead atoms. The maximum Gasteiger partial charge on any atom is 0.270 e. The van der Waals surface area contributed by atoms with Crippen LogP contribution in [0.4, 0.5) is 10.1 Å². The van der Waals surface area contributed by atoms with Gasteiger partial charge in [0.15, 0.2) is 0 Å². The van der Waals surface area contributed by atoms with Gasteiger partial charge in [0.25, 0.3) is 5.91 Å². The molecular weight excluding hydrogens is 313 g/mol. The predicted octanol–water partition coefficient (Wildman–Crippen LogP) is 2.25. The molecule has 0 aliphatic carbocycles. The fourth-order valence-corrected chi connectivity index (χ4v) is 2.04. The summed E-state index contributed by atoms with van der Waals surface area (Å²) in [6, 6.07) is 6.35. The van der Waals surface area contributed by atoms with Crippen LogP contribution in [0.2, 0.25) is 0 Å². The number of nitrogens with zero attached hydrogens (tertiary/aromatic N) is 1. The molecule has 0 saturated carbocycles. The zero-order valence-corrected chi connectivity index (χ0v) is 13.3. The van der Waals surface area contributed by atoms with E-state index in [4.69, 9.17) is 0 Å². The lowest BCUT2D eigenvalue weighted by molar-refractivity contribution is -0.115. The maximum atomic E-state index is 13.2. The van der Waals surface area contributed by atoms with Gasteiger partial charge in [-0.05, 0) is 44.2 Å². The molecule has 6 nitrogen and oxygen atoms in total. The number of aromatic hydroxyl groups is 1. The molecule has 0 fully saturated rings. The van der Waals surface area contributed by atoms with Gasteiger partial charge in [-0.3, -0.25) is 14.6 Å². The lowest BCUT2D eigenvalue weighted by atomic mass is 10.1. The van der Waals surface area contributed by atoms with Crippen LogP contribution in [0.25, 0.3) is 0 Å². The third-order valence-electron chi connectivity index (χ3n) is 3.09. The first-order valence-electron chi connectivity index (χ1n) is 7.39. The van der Waals surface area contributed by atoms with Crippen molar-refractivity contribution in [2.75, 3.05) is 5.32 Å². The van der Waals surface area contributed by atoms with Crippen LogP contribution in [0, 0.1) is 5.82 Å². The molecule has 0 spiro atoms. The van der Waals surface area contributed by atoms with Crippen LogP contribution >= 0.6 is 0 Å². The van der Waals surface area contributed by atoms with Crippen molar-refractivity contribution in [3.63, 3.8) is 0 Å². The van der Waals surface area contributed by atoms with Crippen LogP contribution in [0.5, 0.6) is 5.75 Å². The monoisotopic (exact) mass is 331 g/mol. The van der Waals surface area contributed by atoms with E-state index in [2.05, 4.69) is 15.6 Å². The van der Waals surface area contributed by atoms with Crippen LogP contribution in [-0.4, -0.2) is 27.9 Å². The van der Waals surface area contributed by atoms with Gasteiger partial charge in [-0.1, -0.05) is 0 Å². The van der Waals surface area contributed by atoms with Gasteiger partial charge in [0.1, 0.15) is 17.3 Å². The van der Waals surface area contributed by atoms with Gasteiger partial charge < -0.3 is 15.7 Å². The molecule has 0 radical (unpaired) electrons. The zero-order chi connectivity index (χ0) is 17.7. The second kappa shape index (κ2) is 7.54. The van der Waals surface area contributed by atoms with Crippen molar-refractivity contribution in [3.8, 4) is 5.75 Å². The molecule has 1 aromatic carbocycles. The topological polar surface area (TPSA) is 91.3 Å². The second-order valence-corrected chi connectivity index (χ2v) is 5.56. The molecule has 0 aliphatic heterocycles. The number of hydrogen-bond donors (Lipinski definition) is 3. The number of anilines is 1. The van der Waals surface area contributed by atoms with E-state index in [0.717, 1.165) is 12.1 Å². The van der Waals surface area contributed by atoms with Gasteiger partial charge in [0.2, 0.25) is 5.91 Å². The number of aromatic nitrogens is 1. The van der Waals surface area contributed by atoms with E-state index in [-0.39, 0.29) is 35.4 Å². The van der Waals surface area contributed by atoms with E-state index in [1.165, 1.54) is 24.4 Å². The number of rotatable bonds is 5. The van der Waals surface area contributed by atoms with Crippen LogP contribution < -0.4 is 10.6 Å². The first-order chi connectivity index (χ1) is 11.3. The maximum absolute atomic E-state index is 13.2. The van der Waals surface area contributed by atoms with Crippen LogP contribution in [0.3, 0.4) is 0 Å². The third kappa shape index (κ3) is 4.77. The van der Waals surface area contributed by atoms with E-state index < -0.39 is 11.7 Å². The van der Waals surface area contributed by atoms with E-state index in [9.17, 15) is 19.1 Å². The molecule has 7 heteroatoms. The number of halogens is 1. The summed E-state index contributed by atoms with van der Waals surface area (Å²) in [6.45, 7) is 3.66. The highest BCUT2D eigenvalue weighted by Gasteiger charge is 2.12. The van der Waals surface area contributed by atoms with Gasteiger partial charge in [0.05, 0.1) is 6.42 Å². The summed E-state index contributed by atoms with van der Waals surface area (Å²) in [5.41, 5.74) is 0.745. The summed E-state index contributed by atoms with van der Waals surface area (Å²) in [5.74, 6) is -1.48. The molecule has 0 aliphatic rings. The highest BCUT2D eigenvalue weighted by molar-refractivity contribution is 5.96. The standard InChI is InChI=1S/C17H18FN3O3/c1-10(2)20-17(24)14-9-13(5-6-19-14)21-16(23)8-11-7-12(18)3-4-15(11)22/h3-7,9-10,22H,8H2,1-2H3,(H,20,24)(H,19,21,23). The number of phenolic OH excluding ortho intramolecular Hbond substituents is 1. The number of hydrogen-bond acceptors (Lipinski definition) is 4. The lowest BCUT2D eigenvalue weighted by Gasteiger charge is -2.10. The Bertz CT molecular complexity index is 762. The first-order valence-corrected chi connectivity index (χ1v) is 7.39. The summed E-state index contributed by atoms with van der Waals surface area (Å²) >= 11 is 0. The molecule has 126 valence electrons. The van der Waals surface area contributed by atoms with Crippen LogP contribution in [0.1, 0.15) is 29.9 Å². The highest BCUT2D eigenvalue weighted by Crippen LogP contribution is 2.19. The molecule has 1 aromatic heterocycles. The van der Waals surface area contributed by atoms with E-state index in [0.29, 0.717) is 5.69 Å². The Morgan fingerprint density at radius 1 is 1.25 bits per heavy atom. The quantitative estimate of drug-likeness (QED) is 0.783. The number of pyridine rings is 1. The van der Waals surface area contributed by atoms with Crippen molar-refractivity contribution in [2.24, 2.45) is 0 Å². The van der Waals surface area contributed by atoms with Crippen molar-refractivity contribution in [3.05, 3.63) is 53.6 Å². The summed E-state index contributed by atoms with van der Waals surface area (Å²) in [5, 5.41) is 14.9. The molecule has 3 N–H and O–H groups in total. The Labute approximate surface area is 138 Å². The Morgan fingerprint density at radius 3 is 2.71 bits per heavy atom. The molecular formula is C17H18FN3O3. The van der Waals surface area contributed by atoms with Crippen LogP contribution in [-0.2, 0) is 11.2 Å². The average Bonchev–Trinajstić information content (AvgIpc) is 2.50. The van der Waals surface area contributed by atoms with E-state index in [1.807, 2.05) is 13.8 Å². The fourth-order valence-electron chi connectivity index (χ4n) is 2.04. The Hall–Kier alpha value is -2.96. The zero-order valence-electron chi connectivity index (χ0n) is 13.3. The molecule has 0 saturated heterocycles. The summed E-state index contributed by atoms with van der Waals surface area (Å²) in [4.78, 5) is 27.9. The summed E-state index contributed by atoms with van der Waals surface area (Å²) in [6.07, 6.45) is 1.21. The Kier molecular flexibility index (Phi) is 5.47. The number of carbonyl (C=O) groups is 2. The summed E-state index contributed by atoms with van der Waals surface area (Å²) < 4.78 is 13.2. The molecule has 2 aromatic rings. The largest absolute Gasteiger partial charge is 0.508 e. The molecule has 1 heterocycles. The van der Waals surface area contributed by atoms with Gasteiger partial charge in [-0.25, -0.2) is 4.39 Å². The summed E-state index contributed by atoms with van der Waals surface area (Å²) in [7, 11) is 0. The van der Waals surface area contributed by atoms with E-state index >= 15 is 0 Å². The van der Waals surface area contributed by atoms with Crippen LogP contribution in [0.15, 0.2) is 36.5 Å². The molecule has 24 heavy (non-hydrogen) atoms. The van der Waals surface area contributed by atoms with Crippen molar-refractivity contribution < 1.29 is 19.1 Å². The van der Waals surface area contributed by atoms with Crippen molar-refractivity contribution in [2.45, 2.75) is 26.3 Å².